The summed E-state index contributed by atoms with van der Waals surface area (Å²) in [5.41, 5.74) is -1.31. The van der Waals surface area contributed by atoms with Gasteiger partial charge in [-0.2, -0.15) is 13.2 Å². The molecule has 0 saturated heterocycles. The summed E-state index contributed by atoms with van der Waals surface area (Å²) < 4.78 is 50.7. The SMILES string of the molecule is Fc1cc(Br)cnc1-c1ncc(C(F)(F)F)[nH]1. The van der Waals surface area contributed by atoms with E-state index in [0.29, 0.717) is 10.7 Å². The van der Waals surface area contributed by atoms with E-state index >= 15 is 0 Å². The second kappa shape index (κ2) is 4.10. The highest BCUT2D eigenvalue weighted by Crippen LogP contribution is 2.29. The van der Waals surface area contributed by atoms with Crippen LogP contribution >= 0.6 is 15.9 Å². The van der Waals surface area contributed by atoms with Crippen molar-refractivity contribution in [3.8, 4) is 11.5 Å². The molecule has 0 amide bonds. The Morgan fingerprint density at radius 1 is 1.18 bits per heavy atom. The van der Waals surface area contributed by atoms with Crippen molar-refractivity contribution in [3.05, 3.63) is 34.4 Å². The third kappa shape index (κ3) is 2.46. The molecule has 17 heavy (non-hydrogen) atoms. The van der Waals surface area contributed by atoms with E-state index in [1.54, 1.807) is 0 Å². The number of alkyl halides is 3. The van der Waals surface area contributed by atoms with E-state index < -0.39 is 17.7 Å². The van der Waals surface area contributed by atoms with Crippen LogP contribution in [0.1, 0.15) is 5.69 Å². The van der Waals surface area contributed by atoms with Gasteiger partial charge in [-0.1, -0.05) is 0 Å². The Morgan fingerprint density at radius 2 is 1.88 bits per heavy atom. The van der Waals surface area contributed by atoms with Crippen molar-refractivity contribution in [2.45, 2.75) is 6.18 Å². The molecule has 2 aromatic rings. The van der Waals surface area contributed by atoms with E-state index in [1.807, 2.05) is 4.98 Å². The average molecular weight is 310 g/mol. The molecule has 3 nitrogen and oxygen atoms in total. The van der Waals surface area contributed by atoms with Gasteiger partial charge in [-0.05, 0) is 22.0 Å². The van der Waals surface area contributed by atoms with E-state index in [0.717, 1.165) is 6.07 Å². The highest BCUT2D eigenvalue weighted by Gasteiger charge is 2.33. The predicted octanol–water partition coefficient (Wildman–Crippen LogP) is 3.39. The zero-order chi connectivity index (χ0) is 12.6. The summed E-state index contributed by atoms with van der Waals surface area (Å²) in [4.78, 5) is 9.09. The first kappa shape index (κ1) is 12.0. The average Bonchev–Trinajstić information content (AvgIpc) is 2.65. The molecule has 8 heteroatoms. The molecular formula is C9H4BrF4N3. The van der Waals surface area contributed by atoms with E-state index in [2.05, 4.69) is 25.9 Å². The maximum absolute atomic E-state index is 13.4. The summed E-state index contributed by atoms with van der Waals surface area (Å²) in [5.74, 6) is -1.02. The molecule has 0 bridgehead atoms. The second-order valence-corrected chi connectivity index (χ2v) is 4.04. The molecule has 0 atom stereocenters. The molecule has 0 aliphatic heterocycles. The zero-order valence-electron chi connectivity index (χ0n) is 8.02. The minimum absolute atomic E-state index is 0.260. The van der Waals surface area contributed by atoms with Gasteiger partial charge in [-0.3, -0.25) is 0 Å². The van der Waals surface area contributed by atoms with Gasteiger partial charge < -0.3 is 4.98 Å². The summed E-state index contributed by atoms with van der Waals surface area (Å²) in [5, 5.41) is 0. The number of hydrogen-bond donors (Lipinski definition) is 1. The van der Waals surface area contributed by atoms with Crippen LogP contribution in [0, 0.1) is 5.82 Å². The van der Waals surface area contributed by atoms with Crippen LogP contribution in [0.2, 0.25) is 0 Å². The smallest absolute Gasteiger partial charge is 0.333 e. The van der Waals surface area contributed by atoms with Gasteiger partial charge in [0.25, 0.3) is 0 Å². The van der Waals surface area contributed by atoms with E-state index in [1.165, 1.54) is 6.20 Å². The van der Waals surface area contributed by atoms with E-state index in [-0.39, 0.29) is 11.5 Å². The van der Waals surface area contributed by atoms with Crippen LogP contribution in [-0.2, 0) is 6.18 Å². The van der Waals surface area contributed by atoms with Crippen LogP contribution < -0.4 is 0 Å². The number of pyridine rings is 1. The summed E-state index contributed by atoms with van der Waals surface area (Å²) >= 11 is 2.99. The zero-order valence-corrected chi connectivity index (χ0v) is 9.60. The monoisotopic (exact) mass is 309 g/mol. The Morgan fingerprint density at radius 3 is 2.41 bits per heavy atom. The molecule has 2 rings (SSSR count). The van der Waals surface area contributed by atoms with Gasteiger partial charge in [-0.15, -0.1) is 0 Å². The van der Waals surface area contributed by atoms with Crippen molar-refractivity contribution in [2.75, 3.05) is 0 Å². The summed E-state index contributed by atoms with van der Waals surface area (Å²) in [7, 11) is 0. The highest BCUT2D eigenvalue weighted by atomic mass is 79.9. The molecule has 0 aliphatic carbocycles. The largest absolute Gasteiger partial charge is 0.432 e. The van der Waals surface area contributed by atoms with Crippen LogP contribution in [0.15, 0.2) is 22.9 Å². The van der Waals surface area contributed by atoms with Crippen LogP contribution in [0.4, 0.5) is 17.6 Å². The molecule has 0 spiro atoms. The Labute approximate surface area is 101 Å². The first-order valence-electron chi connectivity index (χ1n) is 4.31. The third-order valence-corrected chi connectivity index (χ3v) is 2.35. The maximum Gasteiger partial charge on any atom is 0.432 e. The highest BCUT2D eigenvalue weighted by molar-refractivity contribution is 9.10. The fraction of sp³-hybridized carbons (Fsp3) is 0.111. The van der Waals surface area contributed by atoms with Crippen LogP contribution in [0.5, 0.6) is 0 Å². The molecule has 0 saturated carbocycles. The fourth-order valence-electron chi connectivity index (χ4n) is 1.17. The van der Waals surface area contributed by atoms with Gasteiger partial charge >= 0.3 is 6.18 Å². The van der Waals surface area contributed by atoms with Gasteiger partial charge in [0.1, 0.15) is 11.4 Å². The number of imidazole rings is 1. The van der Waals surface area contributed by atoms with Crippen molar-refractivity contribution in [3.63, 3.8) is 0 Å². The Hall–Kier alpha value is -1.44. The lowest BCUT2D eigenvalue weighted by Gasteiger charge is -2.02. The number of halogens is 5. The molecule has 0 radical (unpaired) electrons. The number of aromatic nitrogens is 3. The van der Waals surface area contributed by atoms with Crippen molar-refractivity contribution in [1.82, 2.24) is 15.0 Å². The molecular weight excluding hydrogens is 306 g/mol. The third-order valence-electron chi connectivity index (χ3n) is 1.91. The lowest BCUT2D eigenvalue weighted by atomic mass is 10.3. The van der Waals surface area contributed by atoms with Gasteiger partial charge in [0.15, 0.2) is 11.6 Å². The molecule has 0 aromatic carbocycles. The van der Waals surface area contributed by atoms with Gasteiger partial charge in [0.05, 0.1) is 6.20 Å². The quantitative estimate of drug-likeness (QED) is 0.820. The molecule has 0 fully saturated rings. The van der Waals surface area contributed by atoms with E-state index in [4.69, 9.17) is 0 Å². The first-order valence-corrected chi connectivity index (χ1v) is 5.11. The minimum atomic E-state index is -4.54. The topological polar surface area (TPSA) is 41.6 Å². The molecule has 0 aliphatic rings. The standard InChI is InChI=1S/C9H4BrF4N3/c10-4-1-5(11)7(15-2-4)8-16-3-6(17-8)9(12,13)14/h1-3H,(H,16,17). The summed E-state index contributed by atoms with van der Waals surface area (Å²) in [6.07, 6.45) is -2.68. The molecule has 0 unspecified atom stereocenters. The van der Waals surface area contributed by atoms with Crippen LogP contribution in [-0.4, -0.2) is 15.0 Å². The van der Waals surface area contributed by atoms with Crippen molar-refractivity contribution in [2.24, 2.45) is 0 Å². The molecule has 90 valence electrons. The number of nitrogens with zero attached hydrogens (tertiary/aromatic N) is 2. The van der Waals surface area contributed by atoms with Crippen molar-refractivity contribution < 1.29 is 17.6 Å². The van der Waals surface area contributed by atoms with Crippen LogP contribution in [0.25, 0.3) is 11.5 Å². The van der Waals surface area contributed by atoms with Crippen molar-refractivity contribution >= 4 is 15.9 Å². The minimum Gasteiger partial charge on any atom is -0.333 e. The lowest BCUT2D eigenvalue weighted by Crippen LogP contribution is -2.05. The Bertz CT molecular complexity index is 549. The van der Waals surface area contributed by atoms with Crippen molar-refractivity contribution in [1.29, 1.82) is 0 Å². The summed E-state index contributed by atoms with van der Waals surface area (Å²) in [6, 6.07) is 1.10. The Balaban J connectivity index is 2.44. The molecule has 2 heterocycles. The van der Waals surface area contributed by atoms with Gasteiger partial charge in [0.2, 0.25) is 0 Å². The Kier molecular flexibility index (Phi) is 2.90. The number of H-pyrrole nitrogens is 1. The van der Waals surface area contributed by atoms with Gasteiger partial charge in [-0.25, -0.2) is 14.4 Å². The maximum atomic E-state index is 13.4. The predicted molar refractivity (Wildman–Crippen MR) is 54.5 cm³/mol. The second-order valence-electron chi connectivity index (χ2n) is 3.13. The van der Waals surface area contributed by atoms with Gasteiger partial charge in [0, 0.05) is 10.7 Å². The number of rotatable bonds is 1. The first-order chi connectivity index (χ1) is 7.88. The number of nitrogens with one attached hydrogen (secondary N) is 1. The van der Waals surface area contributed by atoms with Crippen LogP contribution in [0.3, 0.4) is 0 Å². The van der Waals surface area contributed by atoms with E-state index in [9.17, 15) is 17.6 Å². The number of hydrogen-bond acceptors (Lipinski definition) is 2. The lowest BCUT2D eigenvalue weighted by molar-refractivity contribution is -0.140. The fourth-order valence-corrected chi connectivity index (χ4v) is 1.48. The normalized spacial score (nSPS) is 11.8. The molecule has 2 aromatic heterocycles. The summed E-state index contributed by atoms with van der Waals surface area (Å²) in [6.45, 7) is 0. The molecule has 1 N–H and O–H groups in total. The number of aromatic amines is 1.